The highest BCUT2D eigenvalue weighted by Crippen LogP contribution is 2.30. The van der Waals surface area contributed by atoms with Crippen molar-refractivity contribution in [1.29, 1.82) is 0 Å². The number of carbonyl (C=O) groups is 3. The Morgan fingerprint density at radius 3 is 2.16 bits per heavy atom. The molecule has 1 saturated heterocycles. The van der Waals surface area contributed by atoms with Gasteiger partial charge in [-0.25, -0.2) is 4.79 Å². The first-order valence-corrected chi connectivity index (χ1v) is 9.18. The summed E-state index contributed by atoms with van der Waals surface area (Å²) in [7, 11) is 0. The molecule has 7 nitrogen and oxygen atoms in total. The molecule has 3 amide bonds. The molecule has 0 bridgehead atoms. The van der Waals surface area contributed by atoms with Gasteiger partial charge in [0.2, 0.25) is 11.8 Å². The summed E-state index contributed by atoms with van der Waals surface area (Å²) in [6, 6.07) is -0.737. The monoisotopic (exact) mass is 353 g/mol. The van der Waals surface area contributed by atoms with Crippen molar-refractivity contribution in [3.63, 3.8) is 0 Å². The number of nitrogens with zero attached hydrogens (tertiary/aromatic N) is 2. The summed E-state index contributed by atoms with van der Waals surface area (Å²) in [5.41, 5.74) is 4.86. The zero-order valence-electron chi connectivity index (χ0n) is 15.8. The van der Waals surface area contributed by atoms with Crippen LogP contribution < -0.4 is 5.73 Å². The molecule has 1 saturated carbocycles. The lowest BCUT2D eigenvalue weighted by molar-refractivity contribution is -0.134. The van der Waals surface area contributed by atoms with Crippen LogP contribution in [0.5, 0.6) is 0 Å². The Kier molecular flexibility index (Phi) is 5.95. The Labute approximate surface area is 149 Å². The van der Waals surface area contributed by atoms with E-state index in [4.69, 9.17) is 10.5 Å². The van der Waals surface area contributed by atoms with Crippen LogP contribution in [0.4, 0.5) is 4.79 Å². The third-order valence-electron chi connectivity index (χ3n) is 4.96. The molecule has 2 atom stereocenters. The van der Waals surface area contributed by atoms with Crippen LogP contribution >= 0.6 is 0 Å². The Morgan fingerprint density at radius 2 is 1.68 bits per heavy atom. The van der Waals surface area contributed by atoms with Crippen LogP contribution in [0.1, 0.15) is 66.2 Å². The topological polar surface area (TPSA) is 92.9 Å². The van der Waals surface area contributed by atoms with Gasteiger partial charge in [0.25, 0.3) is 0 Å². The van der Waals surface area contributed by atoms with E-state index in [1.165, 1.54) is 11.3 Å². The summed E-state index contributed by atoms with van der Waals surface area (Å²) >= 11 is 0. The molecule has 1 aliphatic heterocycles. The van der Waals surface area contributed by atoms with Crippen molar-refractivity contribution in [2.75, 3.05) is 6.54 Å². The summed E-state index contributed by atoms with van der Waals surface area (Å²) in [6.07, 6.45) is 5.19. The van der Waals surface area contributed by atoms with Crippen molar-refractivity contribution in [3.05, 3.63) is 0 Å². The van der Waals surface area contributed by atoms with Crippen molar-refractivity contribution in [2.24, 2.45) is 5.73 Å². The highest BCUT2D eigenvalue weighted by atomic mass is 16.6. The second kappa shape index (κ2) is 7.62. The molecule has 25 heavy (non-hydrogen) atoms. The zero-order chi connectivity index (χ0) is 18.8. The van der Waals surface area contributed by atoms with Crippen LogP contribution in [0.25, 0.3) is 0 Å². The summed E-state index contributed by atoms with van der Waals surface area (Å²) in [4.78, 5) is 39.9. The van der Waals surface area contributed by atoms with Crippen molar-refractivity contribution in [2.45, 2.75) is 89.9 Å². The van der Waals surface area contributed by atoms with Gasteiger partial charge < -0.3 is 15.4 Å². The Bertz CT molecular complexity index is 523. The third kappa shape index (κ3) is 4.86. The fraction of sp³-hybridized carbons (Fsp3) is 0.833. The van der Waals surface area contributed by atoms with Crippen molar-refractivity contribution >= 4 is 17.9 Å². The molecular formula is C18H31N3O4. The molecule has 2 rings (SSSR count). The molecule has 7 heteroatoms. The first-order valence-electron chi connectivity index (χ1n) is 9.18. The van der Waals surface area contributed by atoms with Crippen LogP contribution in [0.3, 0.4) is 0 Å². The molecule has 2 N–H and O–H groups in total. The lowest BCUT2D eigenvalue weighted by Crippen LogP contribution is -2.49. The fourth-order valence-corrected chi connectivity index (χ4v) is 3.98. The van der Waals surface area contributed by atoms with E-state index in [2.05, 4.69) is 0 Å². The summed E-state index contributed by atoms with van der Waals surface area (Å²) in [5, 5.41) is 0. The predicted octanol–water partition coefficient (Wildman–Crippen LogP) is 2.03. The fourth-order valence-electron chi connectivity index (χ4n) is 3.98. The molecule has 0 radical (unpaired) electrons. The van der Waals surface area contributed by atoms with Crippen molar-refractivity contribution in [1.82, 2.24) is 9.80 Å². The highest BCUT2D eigenvalue weighted by molar-refractivity contribution is 5.85. The number of amides is 3. The highest BCUT2D eigenvalue weighted by Gasteiger charge is 2.44. The molecular weight excluding hydrogens is 322 g/mol. The minimum atomic E-state index is -0.731. The smallest absolute Gasteiger partial charge is 0.411 e. The van der Waals surface area contributed by atoms with E-state index in [1.54, 1.807) is 27.7 Å². The first-order chi connectivity index (χ1) is 11.6. The van der Waals surface area contributed by atoms with Crippen LogP contribution in [-0.4, -0.2) is 58.0 Å². The lowest BCUT2D eigenvalue weighted by Gasteiger charge is -2.38. The van der Waals surface area contributed by atoms with E-state index in [9.17, 15) is 14.4 Å². The molecule has 0 unspecified atom stereocenters. The third-order valence-corrected chi connectivity index (χ3v) is 4.96. The van der Waals surface area contributed by atoms with Gasteiger partial charge in [-0.3, -0.25) is 14.5 Å². The first kappa shape index (κ1) is 19.5. The SMILES string of the molecule is CC(=O)N(C1CCCCC1)[C@H]1C[C@H](C(N)=O)N(C(=O)OC(C)(C)C)C1. The minimum absolute atomic E-state index is 0.00819. The van der Waals surface area contributed by atoms with Gasteiger partial charge in [-0.1, -0.05) is 19.3 Å². The van der Waals surface area contributed by atoms with Crippen LogP contribution in [0.2, 0.25) is 0 Å². The van der Waals surface area contributed by atoms with Gasteiger partial charge in [0, 0.05) is 19.5 Å². The molecule has 2 fully saturated rings. The van der Waals surface area contributed by atoms with Gasteiger partial charge in [-0.15, -0.1) is 0 Å². The second-order valence-corrected chi connectivity index (χ2v) is 8.16. The zero-order valence-corrected chi connectivity index (χ0v) is 15.8. The normalized spacial score (nSPS) is 24.9. The van der Waals surface area contributed by atoms with Gasteiger partial charge in [0.1, 0.15) is 11.6 Å². The van der Waals surface area contributed by atoms with E-state index in [-0.39, 0.29) is 18.0 Å². The van der Waals surface area contributed by atoms with Crippen molar-refractivity contribution < 1.29 is 19.1 Å². The molecule has 1 heterocycles. The maximum Gasteiger partial charge on any atom is 0.411 e. The Hall–Kier alpha value is -1.79. The van der Waals surface area contributed by atoms with E-state index < -0.39 is 23.6 Å². The molecule has 142 valence electrons. The summed E-state index contributed by atoms with van der Waals surface area (Å²) in [5.74, 6) is -0.563. The Balaban J connectivity index is 2.17. The number of carbonyl (C=O) groups excluding carboxylic acids is 3. The molecule has 0 spiro atoms. The second-order valence-electron chi connectivity index (χ2n) is 8.16. The predicted molar refractivity (Wildman–Crippen MR) is 93.7 cm³/mol. The van der Waals surface area contributed by atoms with E-state index >= 15 is 0 Å². The van der Waals surface area contributed by atoms with E-state index in [0.717, 1.165) is 25.7 Å². The number of primary amides is 1. The number of rotatable bonds is 3. The lowest BCUT2D eigenvalue weighted by atomic mass is 9.92. The minimum Gasteiger partial charge on any atom is -0.444 e. The average Bonchev–Trinajstić information content (AvgIpc) is 2.91. The van der Waals surface area contributed by atoms with E-state index in [0.29, 0.717) is 13.0 Å². The van der Waals surface area contributed by atoms with Gasteiger partial charge in [-0.05, 0) is 40.0 Å². The van der Waals surface area contributed by atoms with Gasteiger partial charge >= 0.3 is 6.09 Å². The molecule has 2 aliphatic rings. The summed E-state index contributed by atoms with van der Waals surface area (Å²) < 4.78 is 5.41. The van der Waals surface area contributed by atoms with Crippen LogP contribution in [0, 0.1) is 0 Å². The number of hydrogen-bond donors (Lipinski definition) is 1. The van der Waals surface area contributed by atoms with Crippen LogP contribution in [0.15, 0.2) is 0 Å². The maximum absolute atomic E-state index is 12.5. The van der Waals surface area contributed by atoms with Crippen LogP contribution in [-0.2, 0) is 14.3 Å². The average molecular weight is 353 g/mol. The van der Waals surface area contributed by atoms with Gasteiger partial charge in [-0.2, -0.15) is 0 Å². The molecule has 1 aliphatic carbocycles. The number of likely N-dealkylation sites (tertiary alicyclic amines) is 1. The quantitative estimate of drug-likeness (QED) is 0.840. The maximum atomic E-state index is 12.5. The molecule has 0 aromatic carbocycles. The van der Waals surface area contributed by atoms with Gasteiger partial charge in [0.15, 0.2) is 0 Å². The van der Waals surface area contributed by atoms with Crippen molar-refractivity contribution in [3.8, 4) is 0 Å². The molecule has 0 aromatic heterocycles. The Morgan fingerprint density at radius 1 is 1.08 bits per heavy atom. The molecule has 0 aromatic rings. The van der Waals surface area contributed by atoms with Gasteiger partial charge in [0.05, 0.1) is 6.04 Å². The number of nitrogens with two attached hydrogens (primary N) is 1. The largest absolute Gasteiger partial charge is 0.444 e. The standard InChI is InChI=1S/C18H31N3O4/c1-12(22)21(13-8-6-5-7-9-13)14-10-15(16(19)23)20(11-14)17(24)25-18(2,3)4/h13-15H,5-11H2,1-4H3,(H2,19,23)/t14-,15+/m0/s1. The number of hydrogen-bond acceptors (Lipinski definition) is 4. The van der Waals surface area contributed by atoms with E-state index in [1.807, 2.05) is 4.90 Å². The summed E-state index contributed by atoms with van der Waals surface area (Å²) in [6.45, 7) is 7.19. The number of ether oxygens (including phenoxy) is 1.